The van der Waals surface area contributed by atoms with Gasteiger partial charge >= 0.3 is 0 Å². The van der Waals surface area contributed by atoms with Gasteiger partial charge in [-0.25, -0.2) is 0 Å². The Kier molecular flexibility index (Phi) is 10.1. The molecule has 0 unspecified atom stereocenters. The van der Waals surface area contributed by atoms with E-state index < -0.39 is 16.2 Å². The fourth-order valence-corrected chi connectivity index (χ4v) is 17.2. The molecule has 0 atom stereocenters. The van der Waals surface area contributed by atoms with Crippen LogP contribution in [0, 0.1) is 0 Å². The maximum Gasteiger partial charge on any atom is 0.0725 e. The monoisotopic (exact) mass is 1100 g/mol. The van der Waals surface area contributed by atoms with Crippen LogP contribution >= 0.6 is 0 Å². The highest BCUT2D eigenvalue weighted by Gasteiger charge is 2.53. The Morgan fingerprint density at radius 3 is 0.609 bits per heavy atom. The van der Waals surface area contributed by atoms with Crippen LogP contribution in [0.3, 0.4) is 0 Å². The molecule has 0 fully saturated rings. The molecule has 0 saturated heterocycles. The van der Waals surface area contributed by atoms with E-state index in [1.807, 2.05) is 0 Å². The van der Waals surface area contributed by atoms with Crippen molar-refractivity contribution in [3.05, 3.63) is 394 Å². The van der Waals surface area contributed by atoms with E-state index in [0.29, 0.717) is 0 Å². The Hall–Kier alpha value is -10.9. The first kappa shape index (κ1) is 48.5. The summed E-state index contributed by atoms with van der Waals surface area (Å²) in [5.74, 6) is 0. The topological polar surface area (TPSA) is 0 Å². The van der Waals surface area contributed by atoms with E-state index in [4.69, 9.17) is 0 Å². The van der Waals surface area contributed by atoms with Crippen LogP contribution < -0.4 is 0 Å². The van der Waals surface area contributed by atoms with Crippen molar-refractivity contribution in [1.82, 2.24) is 0 Å². The van der Waals surface area contributed by atoms with Gasteiger partial charge in [-0.05, 0) is 203 Å². The Morgan fingerprint density at radius 2 is 0.333 bits per heavy atom. The summed E-state index contributed by atoms with van der Waals surface area (Å²) in [7, 11) is 0. The molecule has 0 heterocycles. The molecule has 14 aromatic carbocycles. The van der Waals surface area contributed by atoms with Crippen molar-refractivity contribution in [3.63, 3.8) is 0 Å². The summed E-state index contributed by atoms with van der Waals surface area (Å²) in [6.07, 6.45) is 0. The van der Waals surface area contributed by atoms with Crippen LogP contribution in [-0.4, -0.2) is 0 Å². The van der Waals surface area contributed by atoms with Gasteiger partial charge in [-0.3, -0.25) is 0 Å². The maximum absolute atomic E-state index is 2.50. The lowest BCUT2D eigenvalue weighted by molar-refractivity contribution is 0.769. The van der Waals surface area contributed by atoms with Gasteiger partial charge in [-0.15, -0.1) is 0 Å². The molecule has 0 heteroatoms. The van der Waals surface area contributed by atoms with Crippen molar-refractivity contribution in [2.75, 3.05) is 0 Å². The van der Waals surface area contributed by atoms with Crippen molar-refractivity contribution in [2.24, 2.45) is 0 Å². The van der Waals surface area contributed by atoms with Crippen LogP contribution in [0.2, 0.25) is 0 Å². The molecule has 14 aromatic rings. The van der Waals surface area contributed by atoms with Gasteiger partial charge in [-0.2, -0.15) is 0 Å². The molecule has 87 heavy (non-hydrogen) atoms. The van der Waals surface area contributed by atoms with Gasteiger partial charge in [0.1, 0.15) is 0 Å². The smallest absolute Gasteiger partial charge is 0.0619 e. The number of hydrogen-bond donors (Lipinski definition) is 0. The molecule has 0 N–H and O–H groups in total. The van der Waals surface area contributed by atoms with E-state index in [1.54, 1.807) is 0 Å². The highest BCUT2D eigenvalue weighted by molar-refractivity contribution is 5.98. The minimum atomic E-state index is -0.608. The highest BCUT2D eigenvalue weighted by Crippen LogP contribution is 2.65. The molecule has 0 saturated carbocycles. The van der Waals surface area contributed by atoms with Gasteiger partial charge in [0.05, 0.1) is 16.2 Å². The van der Waals surface area contributed by atoms with Gasteiger partial charge in [0.25, 0.3) is 0 Å². The Balaban J connectivity index is 0.730. The summed E-state index contributed by atoms with van der Waals surface area (Å²) in [6, 6.07) is 125. The Labute approximate surface area is 507 Å². The lowest BCUT2D eigenvalue weighted by atomic mass is 9.67. The van der Waals surface area contributed by atoms with E-state index >= 15 is 0 Å². The van der Waals surface area contributed by atoms with Gasteiger partial charge in [-0.1, -0.05) is 291 Å². The minimum Gasteiger partial charge on any atom is -0.0619 e. The highest BCUT2D eigenvalue weighted by atomic mass is 14.5. The SMILES string of the molecule is c1cc(-c2cccc(C3(c4cccc(-c5cccc(-c6ccc7c(c6)C6(c8ccccc8-c8ccccc86)c6ccccc6-7)c5)c4)c4ccccc4-c4ccccc43)c2)cc(-c2ccc3c(c2)C2(c4ccccc4-c4ccccc42)c2ccccc2-3)c1. The zero-order chi connectivity index (χ0) is 57.0. The van der Waals surface area contributed by atoms with Crippen LogP contribution in [0.5, 0.6) is 0 Å². The standard InChI is InChI=1S/C87H54/c1-9-37-75-65(29-1)66-30-2-10-38-76(66)85(75,63-27-19-25-59(51-63)55-21-17-23-57(49-55)61-45-47-73-71-35-7-15-43-81(71)86(83(73)53-61)77-39-11-3-31-67(77)68-32-4-12-40-78(68)86)64-28-20-26-60(52-64)56-22-18-24-58(50-56)62-46-48-74-72-36-8-16-44-82(72)87(84(74)54-62)79-41-13-5-33-69(79)70-34-6-14-42-80(70)87/h1-54H. The molecule has 5 aliphatic carbocycles. The number of hydrogen-bond acceptors (Lipinski definition) is 0. The molecule has 0 amide bonds. The third-order valence-electron chi connectivity index (χ3n) is 20.6. The first-order chi connectivity index (χ1) is 43.1. The number of rotatable bonds is 6. The lowest BCUT2D eigenvalue weighted by Crippen LogP contribution is -2.28. The van der Waals surface area contributed by atoms with Gasteiger partial charge in [0.15, 0.2) is 0 Å². The van der Waals surface area contributed by atoms with Crippen molar-refractivity contribution in [1.29, 1.82) is 0 Å². The molecular weight excluding hydrogens is 1040 g/mol. The molecule has 0 radical (unpaired) electrons. The molecule has 0 aliphatic heterocycles. The third kappa shape index (κ3) is 6.36. The molecule has 19 rings (SSSR count). The second-order valence-electron chi connectivity index (χ2n) is 24.5. The van der Waals surface area contributed by atoms with Crippen LogP contribution in [-0.2, 0) is 16.2 Å². The Bertz CT molecular complexity index is 4800. The summed E-state index contributed by atoms with van der Waals surface area (Å²) in [4.78, 5) is 0. The van der Waals surface area contributed by atoms with Crippen LogP contribution in [0.4, 0.5) is 0 Å². The average molecular weight is 1100 g/mol. The van der Waals surface area contributed by atoms with Gasteiger partial charge < -0.3 is 0 Å². The summed E-state index contributed by atoms with van der Waals surface area (Å²) in [5, 5.41) is 0. The molecule has 0 bridgehead atoms. The molecule has 0 nitrogen and oxygen atoms in total. The zero-order valence-corrected chi connectivity index (χ0v) is 47.7. The molecule has 5 aliphatic rings. The first-order valence-electron chi connectivity index (χ1n) is 30.6. The quantitative estimate of drug-likeness (QED) is 0.156. The zero-order valence-electron chi connectivity index (χ0n) is 47.7. The average Bonchev–Trinajstić information content (AvgIpc) is 1.58. The lowest BCUT2D eigenvalue weighted by Gasteiger charge is -2.34. The molecule has 402 valence electrons. The normalized spacial score (nSPS) is 14.5. The van der Waals surface area contributed by atoms with Crippen molar-refractivity contribution in [2.45, 2.75) is 16.2 Å². The fourth-order valence-electron chi connectivity index (χ4n) is 17.2. The summed E-state index contributed by atoms with van der Waals surface area (Å²) < 4.78 is 0. The molecular formula is C87H54. The molecule has 0 aromatic heterocycles. The largest absolute Gasteiger partial charge is 0.0725 e. The second-order valence-corrected chi connectivity index (χ2v) is 24.5. The van der Waals surface area contributed by atoms with Crippen molar-refractivity contribution in [3.8, 4) is 100 Å². The van der Waals surface area contributed by atoms with E-state index in [0.717, 1.165) is 0 Å². The fraction of sp³-hybridized carbons (Fsp3) is 0.0345. The van der Waals surface area contributed by atoms with E-state index in [1.165, 1.54) is 167 Å². The third-order valence-corrected chi connectivity index (χ3v) is 20.6. The summed E-state index contributed by atoms with van der Waals surface area (Å²) >= 11 is 0. The number of benzene rings is 14. The first-order valence-corrected chi connectivity index (χ1v) is 30.6. The predicted molar refractivity (Wildman–Crippen MR) is 358 cm³/mol. The van der Waals surface area contributed by atoms with Crippen molar-refractivity contribution < 1.29 is 0 Å². The van der Waals surface area contributed by atoms with E-state index in [9.17, 15) is 0 Å². The van der Waals surface area contributed by atoms with Crippen molar-refractivity contribution >= 4 is 0 Å². The second kappa shape index (κ2) is 18.1. The van der Waals surface area contributed by atoms with Crippen LogP contribution in [0.25, 0.3) is 100 Å². The summed E-state index contributed by atoms with van der Waals surface area (Å²) in [6.45, 7) is 0. The van der Waals surface area contributed by atoms with E-state index in [-0.39, 0.29) is 0 Å². The predicted octanol–water partition coefficient (Wildman–Crippen LogP) is 21.4. The van der Waals surface area contributed by atoms with E-state index in [2.05, 4.69) is 328 Å². The number of fused-ring (bicyclic) bond motifs is 23. The molecule has 2 spiro atoms. The van der Waals surface area contributed by atoms with Gasteiger partial charge in [0.2, 0.25) is 0 Å². The maximum atomic E-state index is 2.50. The summed E-state index contributed by atoms with van der Waals surface area (Å²) in [5.41, 5.74) is 37.2. The van der Waals surface area contributed by atoms with Gasteiger partial charge in [0, 0.05) is 0 Å². The minimum absolute atomic E-state index is 0.403. The Morgan fingerprint density at radius 1 is 0.126 bits per heavy atom. The van der Waals surface area contributed by atoms with Crippen LogP contribution in [0.1, 0.15) is 66.8 Å². The van der Waals surface area contributed by atoms with Crippen LogP contribution in [0.15, 0.2) is 328 Å².